The minimum atomic E-state index is -0.928. The number of hydrogen-bond acceptors (Lipinski definition) is 2. The summed E-state index contributed by atoms with van der Waals surface area (Å²) in [6.45, 7) is 2.08. The van der Waals surface area contributed by atoms with Crippen LogP contribution in [-0.4, -0.2) is 35.1 Å². The predicted molar refractivity (Wildman–Crippen MR) is 72.4 cm³/mol. The second-order valence-corrected chi connectivity index (χ2v) is 5.50. The van der Waals surface area contributed by atoms with E-state index in [-0.39, 0.29) is 17.3 Å². The van der Waals surface area contributed by atoms with Crippen LogP contribution in [0, 0.1) is 11.2 Å². The van der Waals surface area contributed by atoms with Crippen molar-refractivity contribution < 1.29 is 19.1 Å². The maximum atomic E-state index is 13.3. The third kappa shape index (κ3) is 2.85. The molecule has 1 fully saturated rings. The molecule has 1 unspecified atom stereocenters. The van der Waals surface area contributed by atoms with Gasteiger partial charge in [0.1, 0.15) is 5.82 Å². The summed E-state index contributed by atoms with van der Waals surface area (Å²) in [5.41, 5.74) is -0.649. The maximum absolute atomic E-state index is 13.3. The Labute approximate surface area is 120 Å². The number of rotatable bonds is 2. The van der Waals surface area contributed by atoms with Crippen molar-refractivity contribution >= 4 is 29.3 Å². The lowest BCUT2D eigenvalue weighted by Gasteiger charge is -2.20. The number of urea groups is 1. The number of hydrogen-bond donors (Lipinski definition) is 2. The van der Waals surface area contributed by atoms with E-state index < -0.39 is 23.2 Å². The highest BCUT2D eigenvalue weighted by Crippen LogP contribution is 2.30. The maximum Gasteiger partial charge on any atom is 0.321 e. The molecule has 20 heavy (non-hydrogen) atoms. The molecular formula is C13H14ClFN2O3. The van der Waals surface area contributed by atoms with Gasteiger partial charge in [0.25, 0.3) is 0 Å². The van der Waals surface area contributed by atoms with Crippen LogP contribution in [0.4, 0.5) is 14.9 Å². The fourth-order valence-corrected chi connectivity index (χ4v) is 2.20. The molecule has 0 saturated carbocycles. The van der Waals surface area contributed by atoms with Gasteiger partial charge in [0.05, 0.1) is 10.4 Å². The first-order valence-corrected chi connectivity index (χ1v) is 6.44. The summed E-state index contributed by atoms with van der Waals surface area (Å²) in [5.74, 6) is -1.55. The van der Waals surface area contributed by atoms with Crippen LogP contribution in [0.15, 0.2) is 18.2 Å². The Kier molecular flexibility index (Phi) is 3.85. The van der Waals surface area contributed by atoms with E-state index in [1.54, 1.807) is 6.92 Å². The summed E-state index contributed by atoms with van der Waals surface area (Å²) >= 11 is 5.55. The predicted octanol–water partition coefficient (Wildman–Crippen LogP) is 2.81. The number of likely N-dealkylation sites (tertiary alicyclic amines) is 1. The van der Waals surface area contributed by atoms with Gasteiger partial charge in [-0.25, -0.2) is 9.18 Å². The van der Waals surface area contributed by atoms with Gasteiger partial charge in [0, 0.05) is 18.8 Å². The van der Waals surface area contributed by atoms with Crippen molar-refractivity contribution in [3.8, 4) is 0 Å². The molecule has 1 heterocycles. The van der Waals surface area contributed by atoms with Crippen molar-refractivity contribution in [1.29, 1.82) is 0 Å². The van der Waals surface area contributed by atoms with Crippen LogP contribution in [0.2, 0.25) is 5.02 Å². The summed E-state index contributed by atoms with van der Waals surface area (Å²) in [6, 6.07) is 3.50. The van der Waals surface area contributed by atoms with Crippen LogP contribution in [0.3, 0.4) is 0 Å². The summed E-state index contributed by atoms with van der Waals surface area (Å²) in [6.07, 6.45) is 0.394. The van der Waals surface area contributed by atoms with E-state index in [1.807, 2.05) is 0 Å². The minimum Gasteiger partial charge on any atom is -0.481 e. The number of amides is 2. The van der Waals surface area contributed by atoms with Gasteiger partial charge in [-0.1, -0.05) is 11.6 Å². The first-order chi connectivity index (χ1) is 9.32. The monoisotopic (exact) mass is 300 g/mol. The number of carboxylic acid groups (broad SMARTS) is 1. The zero-order chi connectivity index (χ0) is 14.9. The molecule has 0 aromatic heterocycles. The van der Waals surface area contributed by atoms with Crippen molar-refractivity contribution in [3.63, 3.8) is 0 Å². The van der Waals surface area contributed by atoms with Crippen molar-refractivity contribution in [3.05, 3.63) is 29.0 Å². The number of carbonyl (C=O) groups is 2. The van der Waals surface area contributed by atoms with E-state index in [0.29, 0.717) is 13.0 Å². The van der Waals surface area contributed by atoms with E-state index in [2.05, 4.69) is 5.32 Å². The van der Waals surface area contributed by atoms with Gasteiger partial charge >= 0.3 is 12.0 Å². The number of anilines is 1. The molecule has 7 heteroatoms. The molecular weight excluding hydrogens is 287 g/mol. The van der Waals surface area contributed by atoms with Gasteiger partial charge in [0.2, 0.25) is 0 Å². The zero-order valence-electron chi connectivity index (χ0n) is 10.8. The van der Waals surface area contributed by atoms with E-state index in [1.165, 1.54) is 17.0 Å². The fraction of sp³-hybridized carbons (Fsp3) is 0.385. The molecule has 0 radical (unpaired) electrons. The van der Waals surface area contributed by atoms with Crippen molar-refractivity contribution in [2.75, 3.05) is 18.4 Å². The number of halogens is 2. The molecule has 1 aromatic carbocycles. The minimum absolute atomic E-state index is 0.0253. The van der Waals surface area contributed by atoms with E-state index in [4.69, 9.17) is 16.7 Å². The van der Waals surface area contributed by atoms with Gasteiger partial charge in [-0.2, -0.15) is 0 Å². The quantitative estimate of drug-likeness (QED) is 0.882. The van der Waals surface area contributed by atoms with E-state index >= 15 is 0 Å². The Morgan fingerprint density at radius 3 is 2.75 bits per heavy atom. The highest BCUT2D eigenvalue weighted by molar-refractivity contribution is 6.30. The molecule has 0 spiro atoms. The third-order valence-corrected chi connectivity index (χ3v) is 3.75. The lowest BCUT2D eigenvalue weighted by Crippen LogP contribution is -2.37. The molecule has 2 N–H and O–H groups in total. The molecule has 1 saturated heterocycles. The molecule has 2 amide bonds. The van der Waals surface area contributed by atoms with Gasteiger partial charge in [0.15, 0.2) is 0 Å². The Bertz CT molecular complexity index is 567. The normalized spacial score (nSPS) is 21.9. The van der Waals surface area contributed by atoms with Gasteiger partial charge < -0.3 is 15.3 Å². The standard InChI is InChI=1S/C13H14ClFN2O3/c1-13(11(18)19)4-5-17(7-13)12(20)16-8-2-3-9(14)10(15)6-8/h2-3,6H,4-5,7H2,1H3,(H,16,20)(H,18,19). The highest BCUT2D eigenvalue weighted by Gasteiger charge is 2.42. The van der Waals surface area contributed by atoms with Crippen LogP contribution in [0.1, 0.15) is 13.3 Å². The number of carboxylic acids is 1. The van der Waals surface area contributed by atoms with Gasteiger partial charge in [-0.3, -0.25) is 4.79 Å². The first-order valence-electron chi connectivity index (χ1n) is 6.06. The highest BCUT2D eigenvalue weighted by atomic mass is 35.5. The Morgan fingerprint density at radius 2 is 2.20 bits per heavy atom. The SMILES string of the molecule is CC1(C(=O)O)CCN(C(=O)Nc2ccc(Cl)c(F)c2)C1. The smallest absolute Gasteiger partial charge is 0.321 e. The zero-order valence-corrected chi connectivity index (χ0v) is 11.6. The van der Waals surface area contributed by atoms with Crippen molar-refractivity contribution in [2.45, 2.75) is 13.3 Å². The van der Waals surface area contributed by atoms with E-state index in [9.17, 15) is 14.0 Å². The van der Waals surface area contributed by atoms with Crippen LogP contribution in [-0.2, 0) is 4.79 Å². The summed E-state index contributed by atoms with van der Waals surface area (Å²) in [7, 11) is 0. The summed E-state index contributed by atoms with van der Waals surface area (Å²) in [4.78, 5) is 24.5. The number of nitrogens with zero attached hydrogens (tertiary/aromatic N) is 1. The van der Waals surface area contributed by atoms with Gasteiger partial charge in [-0.05, 0) is 31.5 Å². The van der Waals surface area contributed by atoms with Crippen LogP contribution >= 0.6 is 11.6 Å². The largest absolute Gasteiger partial charge is 0.481 e. The number of aliphatic carboxylic acids is 1. The van der Waals surface area contributed by atoms with Crippen LogP contribution < -0.4 is 5.32 Å². The lowest BCUT2D eigenvalue weighted by atomic mass is 9.90. The average Bonchev–Trinajstić information content (AvgIpc) is 2.78. The molecule has 5 nitrogen and oxygen atoms in total. The van der Waals surface area contributed by atoms with E-state index in [0.717, 1.165) is 6.07 Å². The summed E-state index contributed by atoms with van der Waals surface area (Å²) < 4.78 is 13.3. The van der Waals surface area contributed by atoms with Crippen molar-refractivity contribution in [2.24, 2.45) is 5.41 Å². The third-order valence-electron chi connectivity index (χ3n) is 3.45. The first kappa shape index (κ1) is 14.6. The Balaban J connectivity index is 2.03. The van der Waals surface area contributed by atoms with Gasteiger partial charge in [-0.15, -0.1) is 0 Å². The molecule has 1 aromatic rings. The number of nitrogens with one attached hydrogen (secondary N) is 1. The lowest BCUT2D eigenvalue weighted by molar-refractivity contribution is -0.146. The van der Waals surface area contributed by atoms with Crippen LogP contribution in [0.5, 0.6) is 0 Å². The Hall–Kier alpha value is -1.82. The molecule has 1 aliphatic heterocycles. The number of benzene rings is 1. The second-order valence-electron chi connectivity index (χ2n) is 5.10. The number of carbonyl (C=O) groups excluding carboxylic acids is 1. The molecule has 108 valence electrons. The molecule has 2 rings (SSSR count). The molecule has 0 bridgehead atoms. The van der Waals surface area contributed by atoms with Crippen molar-refractivity contribution in [1.82, 2.24) is 4.90 Å². The molecule has 0 aliphatic carbocycles. The Morgan fingerprint density at radius 1 is 1.50 bits per heavy atom. The summed E-state index contributed by atoms with van der Waals surface area (Å²) in [5, 5.41) is 11.6. The second kappa shape index (κ2) is 5.28. The average molecular weight is 301 g/mol. The molecule has 1 aliphatic rings. The topological polar surface area (TPSA) is 69.6 Å². The fourth-order valence-electron chi connectivity index (χ4n) is 2.09. The molecule has 1 atom stereocenters. The van der Waals surface area contributed by atoms with Crippen LogP contribution in [0.25, 0.3) is 0 Å².